The van der Waals surface area contributed by atoms with E-state index in [-0.39, 0.29) is 6.03 Å². The number of piperazine rings is 1. The van der Waals surface area contributed by atoms with Crippen molar-refractivity contribution in [3.05, 3.63) is 53.1 Å². The van der Waals surface area contributed by atoms with E-state index in [1.807, 2.05) is 42.2 Å². The first-order valence-corrected chi connectivity index (χ1v) is 9.68. The number of fused-ring (bicyclic) bond motifs is 1. The van der Waals surface area contributed by atoms with Crippen molar-refractivity contribution < 1.29 is 4.79 Å². The molecular formula is C19H19ClN4OS. The predicted molar refractivity (Wildman–Crippen MR) is 109 cm³/mol. The molecule has 1 aliphatic rings. The average molecular weight is 387 g/mol. The van der Waals surface area contributed by atoms with Crippen LogP contribution in [-0.2, 0) is 0 Å². The Hall–Kier alpha value is -2.31. The smallest absolute Gasteiger partial charge is 0.322 e. The number of nitrogens with one attached hydrogen (secondary N) is 1. The molecule has 1 N–H and O–H groups in total. The molecule has 7 heteroatoms. The van der Waals surface area contributed by atoms with Crippen LogP contribution >= 0.6 is 23.1 Å². The first-order valence-electron chi connectivity index (χ1n) is 8.53. The number of amides is 2. The van der Waals surface area contributed by atoms with Crippen LogP contribution in [0.15, 0.2) is 42.5 Å². The second-order valence-corrected chi connectivity index (χ2v) is 7.60. The maximum atomic E-state index is 12.5. The zero-order valence-electron chi connectivity index (χ0n) is 14.4. The van der Waals surface area contributed by atoms with E-state index in [1.165, 1.54) is 21.6 Å². The lowest BCUT2D eigenvalue weighted by Gasteiger charge is -2.35. The summed E-state index contributed by atoms with van der Waals surface area (Å²) in [5.41, 5.74) is 1.72. The lowest BCUT2D eigenvalue weighted by molar-refractivity contribution is 0.208. The normalized spacial score (nSPS) is 14.7. The summed E-state index contributed by atoms with van der Waals surface area (Å²) < 4.78 is 5.80. The minimum absolute atomic E-state index is 0.112. The average Bonchev–Trinajstić information content (AvgIpc) is 3.08. The molecule has 2 heterocycles. The Morgan fingerprint density at radius 1 is 1.15 bits per heavy atom. The van der Waals surface area contributed by atoms with Crippen LogP contribution in [0.4, 0.5) is 16.3 Å². The Morgan fingerprint density at radius 3 is 2.69 bits per heavy atom. The van der Waals surface area contributed by atoms with Crippen LogP contribution in [0.5, 0.6) is 0 Å². The highest BCUT2D eigenvalue weighted by Gasteiger charge is 2.24. The molecule has 134 valence electrons. The van der Waals surface area contributed by atoms with Gasteiger partial charge in [-0.05, 0) is 48.3 Å². The third-order valence-corrected chi connectivity index (χ3v) is 5.72. The zero-order valence-corrected chi connectivity index (χ0v) is 16.0. The summed E-state index contributed by atoms with van der Waals surface area (Å²) in [6.07, 6.45) is 0. The molecule has 5 nitrogen and oxygen atoms in total. The molecule has 1 aliphatic heterocycles. The van der Waals surface area contributed by atoms with Crippen LogP contribution in [-0.4, -0.2) is 41.5 Å². The van der Waals surface area contributed by atoms with Gasteiger partial charge in [-0.2, -0.15) is 4.37 Å². The predicted octanol–water partition coefficient (Wildman–Crippen LogP) is 4.61. The highest BCUT2D eigenvalue weighted by molar-refractivity contribution is 7.13. The molecule has 1 saturated heterocycles. The molecule has 0 spiro atoms. The number of urea groups is 1. The molecule has 2 amide bonds. The molecule has 0 aliphatic carbocycles. The largest absolute Gasteiger partial charge is 0.352 e. The summed E-state index contributed by atoms with van der Waals surface area (Å²) >= 11 is 7.73. The number of carbonyl (C=O) groups excluding carboxylic acids is 1. The Morgan fingerprint density at radius 2 is 1.92 bits per heavy atom. The van der Waals surface area contributed by atoms with E-state index in [4.69, 9.17) is 11.6 Å². The monoisotopic (exact) mass is 386 g/mol. The number of nitrogens with zero attached hydrogens (tertiary/aromatic N) is 3. The number of halogens is 1. The van der Waals surface area contributed by atoms with Crippen molar-refractivity contribution in [2.75, 3.05) is 36.4 Å². The summed E-state index contributed by atoms with van der Waals surface area (Å²) in [5.74, 6) is 1.02. The number of hydrogen-bond acceptors (Lipinski definition) is 4. The first-order chi connectivity index (χ1) is 12.6. The molecule has 0 unspecified atom stereocenters. The number of carbonyl (C=O) groups is 1. The lowest BCUT2D eigenvalue weighted by Crippen LogP contribution is -2.50. The quantitative estimate of drug-likeness (QED) is 0.699. The third kappa shape index (κ3) is 3.34. The number of rotatable bonds is 2. The number of hydrogen-bond donors (Lipinski definition) is 1. The van der Waals surface area contributed by atoms with Gasteiger partial charge in [-0.3, -0.25) is 0 Å². The fraction of sp³-hybridized carbons (Fsp3) is 0.263. The highest BCUT2D eigenvalue weighted by Crippen LogP contribution is 2.30. The van der Waals surface area contributed by atoms with Gasteiger partial charge in [0.2, 0.25) is 0 Å². The zero-order chi connectivity index (χ0) is 18.1. The van der Waals surface area contributed by atoms with E-state index >= 15 is 0 Å². The summed E-state index contributed by atoms with van der Waals surface area (Å²) in [5, 5.41) is 4.65. The molecule has 0 bridgehead atoms. The van der Waals surface area contributed by atoms with Gasteiger partial charge in [0.25, 0.3) is 0 Å². The van der Waals surface area contributed by atoms with E-state index in [0.29, 0.717) is 23.8 Å². The van der Waals surface area contributed by atoms with Gasteiger partial charge in [-0.25, -0.2) is 4.79 Å². The Labute approximate surface area is 161 Å². The lowest BCUT2D eigenvalue weighted by atomic mass is 10.2. The molecule has 0 radical (unpaired) electrons. The van der Waals surface area contributed by atoms with E-state index in [1.54, 1.807) is 0 Å². The van der Waals surface area contributed by atoms with Crippen molar-refractivity contribution in [3.8, 4) is 0 Å². The van der Waals surface area contributed by atoms with Crippen LogP contribution in [0.25, 0.3) is 10.1 Å². The first kappa shape index (κ1) is 17.1. The van der Waals surface area contributed by atoms with Crippen LogP contribution in [0.1, 0.15) is 5.56 Å². The minimum Gasteiger partial charge on any atom is -0.352 e. The molecule has 26 heavy (non-hydrogen) atoms. The van der Waals surface area contributed by atoms with Crippen molar-refractivity contribution in [3.63, 3.8) is 0 Å². The SMILES string of the molecule is Cc1ccc(NC(=O)N2CCN(c3nsc4ccccc34)CC2)c(Cl)c1. The van der Waals surface area contributed by atoms with Crippen LogP contribution in [0.3, 0.4) is 0 Å². The van der Waals surface area contributed by atoms with Gasteiger partial charge in [0.15, 0.2) is 0 Å². The fourth-order valence-electron chi connectivity index (χ4n) is 3.14. The maximum absolute atomic E-state index is 12.5. The van der Waals surface area contributed by atoms with Crippen LogP contribution in [0, 0.1) is 6.92 Å². The van der Waals surface area contributed by atoms with E-state index in [2.05, 4.69) is 26.7 Å². The number of benzene rings is 2. The molecule has 1 fully saturated rings. The van der Waals surface area contributed by atoms with Crippen LogP contribution < -0.4 is 10.2 Å². The second-order valence-electron chi connectivity index (χ2n) is 6.39. The summed E-state index contributed by atoms with van der Waals surface area (Å²) in [6, 6.07) is 13.8. The Kier molecular flexibility index (Phi) is 4.70. The van der Waals surface area contributed by atoms with Gasteiger partial charge < -0.3 is 15.1 Å². The van der Waals surface area contributed by atoms with Crippen LogP contribution in [0.2, 0.25) is 5.02 Å². The molecule has 3 aromatic rings. The van der Waals surface area contributed by atoms with Gasteiger partial charge in [-0.1, -0.05) is 29.8 Å². The fourth-order valence-corrected chi connectivity index (χ4v) is 4.22. The molecule has 4 rings (SSSR count). The van der Waals surface area contributed by atoms with Crippen molar-refractivity contribution in [2.45, 2.75) is 6.92 Å². The van der Waals surface area contributed by atoms with E-state index < -0.39 is 0 Å². The second kappa shape index (κ2) is 7.13. The maximum Gasteiger partial charge on any atom is 0.322 e. The number of anilines is 2. The van der Waals surface area contributed by atoms with Crippen molar-refractivity contribution in [2.24, 2.45) is 0 Å². The van der Waals surface area contributed by atoms with Crippen molar-refractivity contribution in [1.82, 2.24) is 9.27 Å². The van der Waals surface area contributed by atoms with Gasteiger partial charge in [-0.15, -0.1) is 0 Å². The molecule has 0 atom stereocenters. The van der Waals surface area contributed by atoms with Gasteiger partial charge in [0, 0.05) is 31.6 Å². The van der Waals surface area contributed by atoms with Crippen molar-refractivity contribution >= 4 is 50.8 Å². The Balaban J connectivity index is 1.41. The van der Waals surface area contributed by atoms with Gasteiger partial charge >= 0.3 is 6.03 Å². The highest BCUT2D eigenvalue weighted by atomic mass is 35.5. The molecule has 2 aromatic carbocycles. The minimum atomic E-state index is -0.112. The van der Waals surface area contributed by atoms with Gasteiger partial charge in [0.05, 0.1) is 15.4 Å². The topological polar surface area (TPSA) is 48.5 Å². The Bertz CT molecular complexity index is 950. The molecular weight excluding hydrogens is 368 g/mol. The van der Waals surface area contributed by atoms with E-state index in [0.717, 1.165) is 24.5 Å². The third-order valence-electron chi connectivity index (χ3n) is 4.59. The van der Waals surface area contributed by atoms with E-state index in [9.17, 15) is 4.79 Å². The van der Waals surface area contributed by atoms with Crippen molar-refractivity contribution in [1.29, 1.82) is 0 Å². The summed E-state index contributed by atoms with van der Waals surface area (Å²) in [4.78, 5) is 16.6. The molecule has 1 aromatic heterocycles. The van der Waals surface area contributed by atoms with Gasteiger partial charge in [0.1, 0.15) is 5.82 Å². The standard InChI is InChI=1S/C19H19ClN4OS/c1-13-6-7-16(15(20)12-13)21-19(25)24-10-8-23(9-11-24)18-14-4-2-3-5-17(14)26-22-18/h2-7,12H,8-11H2,1H3,(H,21,25). The summed E-state index contributed by atoms with van der Waals surface area (Å²) in [7, 11) is 0. The summed E-state index contributed by atoms with van der Waals surface area (Å²) in [6.45, 7) is 4.81. The number of aromatic nitrogens is 1. The molecule has 0 saturated carbocycles. The number of aryl methyl sites for hydroxylation is 1.